The summed E-state index contributed by atoms with van der Waals surface area (Å²) in [4.78, 5) is 12.6. The van der Waals surface area contributed by atoms with E-state index in [1.54, 1.807) is 0 Å². The fraction of sp³-hybridized carbons (Fsp3) is 0.929. The number of aliphatic hydroxyl groups excluding tert-OH is 1. The van der Waals surface area contributed by atoms with Gasteiger partial charge in [0.05, 0.1) is 5.41 Å². The molecule has 1 rings (SSSR count). The van der Waals surface area contributed by atoms with Gasteiger partial charge in [-0.3, -0.25) is 4.79 Å². The van der Waals surface area contributed by atoms with E-state index in [-0.39, 0.29) is 23.5 Å². The van der Waals surface area contributed by atoms with E-state index in [2.05, 4.69) is 17.6 Å². The second-order valence-corrected chi connectivity index (χ2v) is 5.76. The maximum atomic E-state index is 12.6. The third-order valence-corrected chi connectivity index (χ3v) is 4.49. The van der Waals surface area contributed by atoms with E-state index in [4.69, 9.17) is 5.11 Å². The molecule has 0 aromatic carbocycles. The molecule has 1 fully saturated rings. The topological polar surface area (TPSA) is 61.4 Å². The van der Waals surface area contributed by atoms with Gasteiger partial charge < -0.3 is 15.7 Å². The zero-order valence-corrected chi connectivity index (χ0v) is 12.0. The number of piperidine rings is 1. The number of hydrogen-bond donors (Lipinski definition) is 3. The molecule has 1 amide bonds. The minimum Gasteiger partial charge on any atom is -0.396 e. The summed E-state index contributed by atoms with van der Waals surface area (Å²) < 4.78 is 0. The van der Waals surface area contributed by atoms with Crippen molar-refractivity contribution in [2.24, 2.45) is 5.41 Å². The molecule has 0 spiro atoms. The van der Waals surface area contributed by atoms with Gasteiger partial charge in [0, 0.05) is 18.7 Å². The fourth-order valence-corrected chi connectivity index (χ4v) is 2.61. The van der Waals surface area contributed by atoms with E-state index in [1.807, 2.05) is 13.8 Å². The highest BCUT2D eigenvalue weighted by atomic mass is 16.3. The van der Waals surface area contributed by atoms with E-state index in [0.717, 1.165) is 38.8 Å². The Balaban J connectivity index is 2.72. The molecule has 18 heavy (non-hydrogen) atoms. The van der Waals surface area contributed by atoms with Crippen molar-refractivity contribution in [2.75, 3.05) is 19.7 Å². The zero-order chi connectivity index (χ0) is 13.6. The SMILES string of the molecule is CCC(C)(CCO)NC(=O)C1(CC)CCCNC1. The number of nitrogens with one attached hydrogen (secondary N) is 2. The normalized spacial score (nSPS) is 27.6. The smallest absolute Gasteiger partial charge is 0.227 e. The predicted molar refractivity (Wildman–Crippen MR) is 73.4 cm³/mol. The van der Waals surface area contributed by atoms with Crippen LogP contribution in [0.5, 0.6) is 0 Å². The molecule has 0 aliphatic carbocycles. The van der Waals surface area contributed by atoms with Crippen LogP contribution in [0.2, 0.25) is 0 Å². The molecular weight excluding hydrogens is 228 g/mol. The first-order valence-electron chi connectivity index (χ1n) is 7.16. The van der Waals surface area contributed by atoms with Crippen LogP contribution in [0, 0.1) is 5.41 Å². The van der Waals surface area contributed by atoms with Gasteiger partial charge in [-0.25, -0.2) is 0 Å². The van der Waals surface area contributed by atoms with Crippen molar-refractivity contribution >= 4 is 5.91 Å². The van der Waals surface area contributed by atoms with Crippen LogP contribution in [-0.4, -0.2) is 36.2 Å². The first-order valence-corrected chi connectivity index (χ1v) is 7.16. The minimum atomic E-state index is -0.286. The Hall–Kier alpha value is -0.610. The van der Waals surface area contributed by atoms with Crippen molar-refractivity contribution in [3.8, 4) is 0 Å². The minimum absolute atomic E-state index is 0.113. The molecule has 0 radical (unpaired) electrons. The number of carbonyl (C=O) groups is 1. The quantitative estimate of drug-likeness (QED) is 0.674. The fourth-order valence-electron chi connectivity index (χ4n) is 2.61. The van der Waals surface area contributed by atoms with Crippen molar-refractivity contribution in [3.05, 3.63) is 0 Å². The predicted octanol–water partition coefficient (Wildman–Crippen LogP) is 1.43. The van der Waals surface area contributed by atoms with Crippen LogP contribution in [0.4, 0.5) is 0 Å². The van der Waals surface area contributed by atoms with Crippen LogP contribution in [0.1, 0.15) is 52.9 Å². The molecule has 0 bridgehead atoms. The summed E-state index contributed by atoms with van der Waals surface area (Å²) in [6, 6.07) is 0. The Bertz CT molecular complexity index is 275. The molecule has 0 aromatic rings. The molecule has 3 N–H and O–H groups in total. The van der Waals surface area contributed by atoms with Crippen molar-refractivity contribution in [2.45, 2.75) is 58.4 Å². The number of rotatable bonds is 6. The second-order valence-electron chi connectivity index (χ2n) is 5.76. The Morgan fingerprint density at radius 3 is 2.67 bits per heavy atom. The average Bonchev–Trinajstić information content (AvgIpc) is 2.39. The Morgan fingerprint density at radius 1 is 1.50 bits per heavy atom. The highest BCUT2D eigenvalue weighted by molar-refractivity contribution is 5.83. The van der Waals surface area contributed by atoms with E-state index in [1.165, 1.54) is 0 Å². The summed E-state index contributed by atoms with van der Waals surface area (Å²) in [5, 5.41) is 15.6. The molecule has 2 atom stereocenters. The molecule has 4 nitrogen and oxygen atoms in total. The lowest BCUT2D eigenvalue weighted by atomic mass is 9.76. The van der Waals surface area contributed by atoms with Gasteiger partial charge in [0.2, 0.25) is 5.91 Å². The highest BCUT2D eigenvalue weighted by Crippen LogP contribution is 2.31. The van der Waals surface area contributed by atoms with Crippen LogP contribution in [0.15, 0.2) is 0 Å². The van der Waals surface area contributed by atoms with Gasteiger partial charge in [0.1, 0.15) is 0 Å². The summed E-state index contributed by atoms with van der Waals surface area (Å²) >= 11 is 0. The van der Waals surface area contributed by atoms with Crippen molar-refractivity contribution in [1.82, 2.24) is 10.6 Å². The number of amides is 1. The van der Waals surface area contributed by atoms with Crippen LogP contribution < -0.4 is 10.6 Å². The lowest BCUT2D eigenvalue weighted by Gasteiger charge is -2.39. The van der Waals surface area contributed by atoms with Gasteiger partial charge in [0.25, 0.3) is 0 Å². The monoisotopic (exact) mass is 256 g/mol. The molecule has 0 saturated carbocycles. The summed E-state index contributed by atoms with van der Waals surface area (Å²) in [7, 11) is 0. The zero-order valence-electron chi connectivity index (χ0n) is 12.0. The van der Waals surface area contributed by atoms with Gasteiger partial charge in [-0.2, -0.15) is 0 Å². The van der Waals surface area contributed by atoms with Gasteiger partial charge >= 0.3 is 0 Å². The summed E-state index contributed by atoms with van der Waals surface area (Å²) in [6.45, 7) is 8.04. The standard InChI is InChI=1S/C14H28N2O2/c1-4-13(3,8-10-17)16-12(18)14(5-2)7-6-9-15-11-14/h15,17H,4-11H2,1-3H3,(H,16,18). The van der Waals surface area contributed by atoms with Crippen molar-refractivity contribution in [1.29, 1.82) is 0 Å². The number of aliphatic hydroxyl groups is 1. The van der Waals surface area contributed by atoms with E-state index in [9.17, 15) is 4.79 Å². The molecule has 106 valence electrons. The third-order valence-electron chi connectivity index (χ3n) is 4.49. The molecule has 1 saturated heterocycles. The first-order chi connectivity index (χ1) is 8.52. The largest absolute Gasteiger partial charge is 0.396 e. The van der Waals surface area contributed by atoms with Crippen molar-refractivity contribution < 1.29 is 9.90 Å². The highest BCUT2D eigenvalue weighted by Gasteiger charge is 2.40. The molecule has 2 unspecified atom stereocenters. The van der Waals surface area contributed by atoms with Crippen LogP contribution >= 0.6 is 0 Å². The number of carbonyl (C=O) groups excluding carboxylic acids is 1. The Kier molecular flexibility index (Phi) is 5.60. The second kappa shape index (κ2) is 6.53. The first kappa shape index (κ1) is 15.4. The van der Waals surface area contributed by atoms with E-state index >= 15 is 0 Å². The lowest BCUT2D eigenvalue weighted by Crippen LogP contribution is -2.56. The van der Waals surface area contributed by atoms with Crippen molar-refractivity contribution in [3.63, 3.8) is 0 Å². The third kappa shape index (κ3) is 3.45. The van der Waals surface area contributed by atoms with Crippen LogP contribution in [-0.2, 0) is 4.79 Å². The van der Waals surface area contributed by atoms with Crippen LogP contribution in [0.3, 0.4) is 0 Å². The lowest BCUT2D eigenvalue weighted by molar-refractivity contribution is -0.134. The maximum absolute atomic E-state index is 12.6. The summed E-state index contributed by atoms with van der Waals surface area (Å²) in [6.07, 6.45) is 4.34. The Labute approximate surface area is 111 Å². The average molecular weight is 256 g/mol. The summed E-state index contributed by atoms with van der Waals surface area (Å²) in [5.74, 6) is 0.148. The van der Waals surface area contributed by atoms with Crippen LogP contribution in [0.25, 0.3) is 0 Å². The molecular formula is C14H28N2O2. The molecule has 1 aliphatic rings. The van der Waals surface area contributed by atoms with Gasteiger partial charge in [-0.1, -0.05) is 13.8 Å². The van der Waals surface area contributed by atoms with Gasteiger partial charge in [-0.15, -0.1) is 0 Å². The molecule has 0 aromatic heterocycles. The van der Waals surface area contributed by atoms with E-state index in [0.29, 0.717) is 6.42 Å². The molecule has 1 heterocycles. The number of hydrogen-bond acceptors (Lipinski definition) is 3. The van der Waals surface area contributed by atoms with Gasteiger partial charge in [0.15, 0.2) is 0 Å². The van der Waals surface area contributed by atoms with Gasteiger partial charge in [-0.05, 0) is 45.6 Å². The Morgan fingerprint density at radius 2 is 2.22 bits per heavy atom. The molecule has 1 aliphatic heterocycles. The molecule has 4 heteroatoms. The van der Waals surface area contributed by atoms with E-state index < -0.39 is 0 Å². The maximum Gasteiger partial charge on any atom is 0.227 e. The summed E-state index contributed by atoms with van der Waals surface area (Å²) in [5.41, 5.74) is -0.546.